The van der Waals surface area contributed by atoms with E-state index in [2.05, 4.69) is 5.32 Å². The molecule has 0 spiro atoms. The highest BCUT2D eigenvalue weighted by atomic mass is 32.2. The summed E-state index contributed by atoms with van der Waals surface area (Å²) in [7, 11) is 1.44. The summed E-state index contributed by atoms with van der Waals surface area (Å²) in [5.74, 6) is -1.40. The minimum Gasteiger partial charge on any atom is -0.497 e. The van der Waals surface area contributed by atoms with E-state index in [-0.39, 0.29) is 27.3 Å². The van der Waals surface area contributed by atoms with E-state index in [1.54, 1.807) is 12.1 Å². The molecule has 0 bridgehead atoms. The fourth-order valence-corrected chi connectivity index (χ4v) is 4.44. The second-order valence-corrected chi connectivity index (χ2v) is 9.40. The van der Waals surface area contributed by atoms with E-state index in [1.807, 2.05) is 0 Å². The normalized spacial score (nSPS) is 10.8. The van der Waals surface area contributed by atoms with E-state index < -0.39 is 27.9 Å². The quantitative estimate of drug-likeness (QED) is 0.455. The SMILES string of the molecule is COC(=O)c1cc(NC(=O)c2ccc(N(C)S(=O)(=O)c3ccc(OC)cc3)cc2)cc(C(=O)OC)c1. The van der Waals surface area contributed by atoms with E-state index in [1.165, 1.54) is 83.0 Å². The van der Waals surface area contributed by atoms with Crippen LogP contribution in [0.1, 0.15) is 31.1 Å². The first-order valence-electron chi connectivity index (χ1n) is 10.5. The summed E-state index contributed by atoms with van der Waals surface area (Å²) in [6.45, 7) is 0. The Morgan fingerprint density at radius 2 is 1.28 bits per heavy atom. The van der Waals surface area contributed by atoms with Crippen LogP contribution in [-0.4, -0.2) is 54.6 Å². The maximum Gasteiger partial charge on any atom is 0.337 e. The molecule has 0 saturated heterocycles. The predicted octanol–water partition coefficient (Wildman–Crippen LogP) is 3.35. The highest BCUT2D eigenvalue weighted by Crippen LogP contribution is 2.25. The Balaban J connectivity index is 1.81. The first kappa shape index (κ1) is 26.2. The Labute approximate surface area is 208 Å². The lowest BCUT2D eigenvalue weighted by Crippen LogP contribution is -2.26. The molecule has 3 aromatic carbocycles. The van der Waals surface area contributed by atoms with Crippen LogP contribution in [0.5, 0.6) is 5.75 Å². The summed E-state index contributed by atoms with van der Waals surface area (Å²) >= 11 is 0. The van der Waals surface area contributed by atoms with Crippen LogP contribution in [0, 0.1) is 0 Å². The molecule has 0 aliphatic heterocycles. The number of nitrogens with zero attached hydrogens (tertiary/aromatic N) is 1. The third-order valence-electron chi connectivity index (χ3n) is 5.24. The van der Waals surface area contributed by atoms with Crippen molar-refractivity contribution >= 4 is 39.2 Å². The number of esters is 2. The Hall–Kier alpha value is -4.38. The first-order chi connectivity index (χ1) is 17.1. The van der Waals surface area contributed by atoms with Crippen LogP contribution < -0.4 is 14.4 Å². The highest BCUT2D eigenvalue weighted by molar-refractivity contribution is 7.92. The number of benzene rings is 3. The van der Waals surface area contributed by atoms with Crippen molar-refractivity contribution in [2.75, 3.05) is 38.0 Å². The van der Waals surface area contributed by atoms with Gasteiger partial charge in [-0.15, -0.1) is 0 Å². The third-order valence-corrected chi connectivity index (χ3v) is 7.04. The molecule has 3 aromatic rings. The Bertz CT molecular complexity index is 1350. The number of anilines is 2. The lowest BCUT2D eigenvalue weighted by Gasteiger charge is -2.20. The molecule has 36 heavy (non-hydrogen) atoms. The van der Waals surface area contributed by atoms with Gasteiger partial charge in [-0.3, -0.25) is 9.10 Å². The number of ether oxygens (including phenoxy) is 3. The van der Waals surface area contributed by atoms with E-state index in [0.717, 1.165) is 4.31 Å². The summed E-state index contributed by atoms with van der Waals surface area (Å²) < 4.78 is 41.4. The molecule has 0 atom stereocenters. The zero-order valence-corrected chi connectivity index (χ0v) is 20.8. The van der Waals surface area contributed by atoms with Crippen LogP contribution in [0.2, 0.25) is 0 Å². The van der Waals surface area contributed by atoms with E-state index in [0.29, 0.717) is 11.4 Å². The molecule has 188 valence electrons. The van der Waals surface area contributed by atoms with Gasteiger partial charge in [-0.2, -0.15) is 0 Å². The molecule has 0 radical (unpaired) electrons. The molecule has 0 aliphatic carbocycles. The lowest BCUT2D eigenvalue weighted by atomic mass is 10.1. The Kier molecular flexibility index (Phi) is 7.95. The molecular weight excluding hydrogens is 488 g/mol. The maximum atomic E-state index is 12.9. The van der Waals surface area contributed by atoms with Crippen LogP contribution in [0.15, 0.2) is 71.6 Å². The number of hydrogen-bond donors (Lipinski definition) is 1. The topological polar surface area (TPSA) is 128 Å². The Morgan fingerprint density at radius 1 is 0.750 bits per heavy atom. The van der Waals surface area contributed by atoms with Crippen LogP contribution >= 0.6 is 0 Å². The number of amides is 1. The molecule has 0 saturated carbocycles. The highest BCUT2D eigenvalue weighted by Gasteiger charge is 2.22. The van der Waals surface area contributed by atoms with Crippen molar-refractivity contribution in [3.05, 3.63) is 83.4 Å². The number of carbonyl (C=O) groups excluding carboxylic acids is 3. The van der Waals surface area contributed by atoms with Gasteiger partial charge in [0, 0.05) is 18.3 Å². The van der Waals surface area contributed by atoms with Crippen LogP contribution in [0.3, 0.4) is 0 Å². The molecule has 0 aromatic heterocycles. The van der Waals surface area contributed by atoms with Crippen molar-refractivity contribution in [1.29, 1.82) is 0 Å². The van der Waals surface area contributed by atoms with Gasteiger partial charge in [-0.05, 0) is 66.7 Å². The summed E-state index contributed by atoms with van der Waals surface area (Å²) in [5.41, 5.74) is 0.833. The largest absolute Gasteiger partial charge is 0.497 e. The van der Waals surface area contributed by atoms with Gasteiger partial charge in [0.05, 0.1) is 43.0 Å². The van der Waals surface area contributed by atoms with Crippen molar-refractivity contribution < 1.29 is 37.0 Å². The fraction of sp³-hybridized carbons (Fsp3) is 0.160. The fourth-order valence-electron chi connectivity index (χ4n) is 3.24. The van der Waals surface area contributed by atoms with E-state index in [9.17, 15) is 22.8 Å². The van der Waals surface area contributed by atoms with Crippen LogP contribution in [0.25, 0.3) is 0 Å². The maximum absolute atomic E-state index is 12.9. The molecule has 1 N–H and O–H groups in total. The summed E-state index contributed by atoms with van der Waals surface area (Å²) in [5, 5.41) is 2.61. The second kappa shape index (κ2) is 10.9. The number of methoxy groups -OCH3 is 3. The second-order valence-electron chi connectivity index (χ2n) is 7.43. The smallest absolute Gasteiger partial charge is 0.337 e. The minimum atomic E-state index is -3.84. The van der Waals surface area contributed by atoms with Crippen molar-refractivity contribution in [3.8, 4) is 5.75 Å². The van der Waals surface area contributed by atoms with Crippen molar-refractivity contribution in [1.82, 2.24) is 0 Å². The van der Waals surface area contributed by atoms with Crippen LogP contribution in [0.4, 0.5) is 11.4 Å². The average Bonchev–Trinajstić information content (AvgIpc) is 2.91. The summed E-state index contributed by atoms with van der Waals surface area (Å²) in [4.78, 5) is 36.8. The first-order valence-corrected chi connectivity index (χ1v) is 11.9. The van der Waals surface area contributed by atoms with Gasteiger partial charge in [-0.1, -0.05) is 0 Å². The molecule has 0 fully saturated rings. The van der Waals surface area contributed by atoms with Crippen molar-refractivity contribution in [2.24, 2.45) is 0 Å². The Morgan fingerprint density at radius 3 is 1.75 bits per heavy atom. The standard InChI is InChI=1S/C25H24N2O8S/c1-27(36(31,32)22-11-9-21(33-2)10-12-22)20-7-5-16(6-8-20)23(28)26-19-14-17(24(29)34-3)13-18(15-19)25(30)35-4/h5-15H,1-4H3,(H,26,28). The molecule has 0 heterocycles. The lowest BCUT2D eigenvalue weighted by molar-refractivity contribution is 0.0598. The van der Waals surface area contributed by atoms with Gasteiger partial charge in [0.15, 0.2) is 0 Å². The van der Waals surface area contributed by atoms with Gasteiger partial charge in [0.2, 0.25) is 0 Å². The molecule has 11 heteroatoms. The summed E-state index contributed by atoms with van der Waals surface area (Å²) in [6.07, 6.45) is 0. The van der Waals surface area contributed by atoms with Gasteiger partial charge in [-0.25, -0.2) is 18.0 Å². The summed E-state index contributed by atoms with van der Waals surface area (Å²) in [6, 6.07) is 15.9. The monoisotopic (exact) mass is 512 g/mol. The van der Waals surface area contributed by atoms with E-state index in [4.69, 9.17) is 14.2 Å². The third kappa shape index (κ3) is 5.63. The zero-order valence-electron chi connectivity index (χ0n) is 20.0. The van der Waals surface area contributed by atoms with Gasteiger partial charge in [0.25, 0.3) is 15.9 Å². The number of carbonyl (C=O) groups is 3. The molecule has 0 aliphatic rings. The molecule has 3 rings (SSSR count). The molecule has 1 amide bonds. The number of sulfonamides is 1. The number of rotatable bonds is 8. The van der Waals surface area contributed by atoms with Crippen LogP contribution in [-0.2, 0) is 19.5 Å². The average molecular weight is 513 g/mol. The number of nitrogens with one attached hydrogen (secondary N) is 1. The van der Waals surface area contributed by atoms with Gasteiger partial charge >= 0.3 is 11.9 Å². The molecule has 0 unspecified atom stereocenters. The molecule has 10 nitrogen and oxygen atoms in total. The molecular formula is C25H24N2O8S. The van der Waals surface area contributed by atoms with Gasteiger partial charge in [0.1, 0.15) is 5.75 Å². The van der Waals surface area contributed by atoms with E-state index >= 15 is 0 Å². The van der Waals surface area contributed by atoms with Crippen molar-refractivity contribution in [2.45, 2.75) is 4.90 Å². The van der Waals surface area contributed by atoms with Gasteiger partial charge < -0.3 is 19.5 Å². The van der Waals surface area contributed by atoms with Crippen molar-refractivity contribution in [3.63, 3.8) is 0 Å². The number of hydrogen-bond acceptors (Lipinski definition) is 8. The predicted molar refractivity (Wildman–Crippen MR) is 132 cm³/mol. The zero-order chi connectivity index (χ0) is 26.5. The minimum absolute atomic E-state index is 0.0522.